The minimum Gasteiger partial charge on any atom is -0.324 e. The molecule has 1 atom stereocenters. The lowest BCUT2D eigenvalue weighted by Gasteiger charge is -2.10. The van der Waals surface area contributed by atoms with Gasteiger partial charge in [-0.3, -0.25) is 0 Å². The zero-order valence-corrected chi connectivity index (χ0v) is 10.1. The summed E-state index contributed by atoms with van der Waals surface area (Å²) < 4.78 is 0. The van der Waals surface area contributed by atoms with E-state index in [9.17, 15) is 0 Å². The van der Waals surface area contributed by atoms with Crippen LogP contribution in [0.2, 0.25) is 0 Å². The molecule has 0 aliphatic heterocycles. The van der Waals surface area contributed by atoms with Gasteiger partial charge < -0.3 is 5.73 Å². The van der Waals surface area contributed by atoms with Gasteiger partial charge in [-0.25, -0.2) is 0 Å². The second-order valence-electron chi connectivity index (χ2n) is 3.35. The Kier molecular flexibility index (Phi) is 5.31. The highest BCUT2D eigenvalue weighted by Gasteiger charge is 2.04. The van der Waals surface area contributed by atoms with Crippen molar-refractivity contribution in [2.24, 2.45) is 5.73 Å². The molecule has 15 heavy (non-hydrogen) atoms. The Balaban J connectivity index is 2.56. The zero-order valence-electron chi connectivity index (χ0n) is 9.29. The molecule has 0 aromatic heterocycles. The predicted molar refractivity (Wildman–Crippen MR) is 67.8 cm³/mol. The Labute approximate surface area is 96.4 Å². The molecule has 1 unspecified atom stereocenters. The summed E-state index contributed by atoms with van der Waals surface area (Å²) in [5, 5.41) is 0. The summed E-state index contributed by atoms with van der Waals surface area (Å²) in [5.41, 5.74) is 7.25. The minimum absolute atomic E-state index is 0.113. The van der Waals surface area contributed by atoms with Crippen LogP contribution in [0.4, 0.5) is 0 Å². The molecular formula is C13H17NS. The highest BCUT2D eigenvalue weighted by Crippen LogP contribution is 2.20. The summed E-state index contributed by atoms with van der Waals surface area (Å²) in [4.78, 5) is 1.28. The molecule has 2 N–H and O–H groups in total. The molecule has 0 aliphatic rings. The second kappa shape index (κ2) is 6.55. The van der Waals surface area contributed by atoms with Crippen LogP contribution in [0.15, 0.2) is 29.2 Å². The van der Waals surface area contributed by atoms with E-state index in [1.54, 1.807) is 11.8 Å². The first kappa shape index (κ1) is 12.2. The van der Waals surface area contributed by atoms with Crippen molar-refractivity contribution in [3.63, 3.8) is 0 Å². The molecule has 0 saturated heterocycles. The maximum absolute atomic E-state index is 6.05. The minimum atomic E-state index is 0.113. The van der Waals surface area contributed by atoms with Gasteiger partial charge in [0.2, 0.25) is 0 Å². The van der Waals surface area contributed by atoms with Crippen LogP contribution in [-0.4, -0.2) is 6.26 Å². The Morgan fingerprint density at radius 3 is 2.53 bits per heavy atom. The highest BCUT2D eigenvalue weighted by molar-refractivity contribution is 7.98. The number of benzene rings is 1. The van der Waals surface area contributed by atoms with Gasteiger partial charge in [0.05, 0.1) is 0 Å². The van der Waals surface area contributed by atoms with E-state index >= 15 is 0 Å². The second-order valence-corrected chi connectivity index (χ2v) is 4.22. The first-order chi connectivity index (χ1) is 7.27. The van der Waals surface area contributed by atoms with Crippen LogP contribution in [0.5, 0.6) is 0 Å². The highest BCUT2D eigenvalue weighted by atomic mass is 32.2. The Bertz CT molecular complexity index is 345. The van der Waals surface area contributed by atoms with Crippen LogP contribution in [0.25, 0.3) is 0 Å². The molecule has 0 bridgehead atoms. The Hall–Kier alpha value is -0.910. The van der Waals surface area contributed by atoms with E-state index in [1.165, 1.54) is 10.5 Å². The number of hydrogen-bond acceptors (Lipinski definition) is 2. The molecule has 0 saturated carbocycles. The summed E-state index contributed by atoms with van der Waals surface area (Å²) in [6.45, 7) is 1.86. The van der Waals surface area contributed by atoms with Crippen LogP contribution in [-0.2, 0) is 0 Å². The van der Waals surface area contributed by atoms with Crippen LogP contribution in [0.1, 0.15) is 31.4 Å². The fourth-order valence-electron chi connectivity index (χ4n) is 1.37. The number of nitrogens with two attached hydrogens (primary N) is 1. The summed E-state index contributed by atoms with van der Waals surface area (Å²) in [7, 11) is 0. The molecular weight excluding hydrogens is 202 g/mol. The summed E-state index contributed by atoms with van der Waals surface area (Å²) in [6.07, 6.45) is 3.88. The molecule has 0 radical (unpaired) electrons. The van der Waals surface area contributed by atoms with Gasteiger partial charge >= 0.3 is 0 Å². The number of hydrogen-bond donors (Lipinski definition) is 1. The lowest BCUT2D eigenvalue weighted by Crippen LogP contribution is -2.09. The third-order valence-corrected chi connectivity index (χ3v) is 3.04. The van der Waals surface area contributed by atoms with Gasteiger partial charge in [-0.2, -0.15) is 0 Å². The van der Waals surface area contributed by atoms with Crippen molar-refractivity contribution in [1.29, 1.82) is 0 Å². The van der Waals surface area contributed by atoms with E-state index in [-0.39, 0.29) is 6.04 Å². The molecule has 80 valence electrons. The van der Waals surface area contributed by atoms with Gasteiger partial charge in [0, 0.05) is 17.4 Å². The lowest BCUT2D eigenvalue weighted by atomic mass is 10.0. The maximum Gasteiger partial charge on any atom is 0.0303 e. The first-order valence-corrected chi connectivity index (χ1v) is 6.29. The van der Waals surface area contributed by atoms with E-state index in [4.69, 9.17) is 5.73 Å². The zero-order chi connectivity index (χ0) is 11.1. The van der Waals surface area contributed by atoms with E-state index in [0.717, 1.165) is 12.8 Å². The summed E-state index contributed by atoms with van der Waals surface area (Å²) >= 11 is 1.75. The molecule has 0 aliphatic carbocycles. The van der Waals surface area contributed by atoms with Gasteiger partial charge in [-0.1, -0.05) is 12.1 Å². The molecule has 1 rings (SSSR count). The standard InChI is InChI=1S/C13H17NS/c1-3-4-5-6-13(14)11-7-9-12(15-2)10-8-11/h7-10,13H,5-6,14H2,1-2H3. The molecule has 0 fully saturated rings. The molecule has 0 amide bonds. The van der Waals surface area contributed by atoms with E-state index in [2.05, 4.69) is 42.4 Å². The third kappa shape index (κ3) is 3.99. The summed E-state index contributed by atoms with van der Waals surface area (Å²) in [6, 6.07) is 8.56. The average molecular weight is 219 g/mol. The van der Waals surface area contributed by atoms with Crippen molar-refractivity contribution in [3.05, 3.63) is 29.8 Å². The van der Waals surface area contributed by atoms with Crippen molar-refractivity contribution in [3.8, 4) is 11.8 Å². The predicted octanol–water partition coefficient (Wildman–Crippen LogP) is 3.21. The molecule has 1 nitrogen and oxygen atoms in total. The quantitative estimate of drug-likeness (QED) is 0.621. The number of thioether (sulfide) groups is 1. The van der Waals surface area contributed by atoms with E-state index in [1.807, 2.05) is 6.92 Å². The van der Waals surface area contributed by atoms with Gasteiger partial charge in [-0.05, 0) is 37.3 Å². The largest absolute Gasteiger partial charge is 0.324 e. The van der Waals surface area contributed by atoms with Crippen LogP contribution >= 0.6 is 11.8 Å². The van der Waals surface area contributed by atoms with Gasteiger partial charge in [0.15, 0.2) is 0 Å². The van der Waals surface area contributed by atoms with Gasteiger partial charge in [-0.15, -0.1) is 23.6 Å². The smallest absolute Gasteiger partial charge is 0.0303 e. The van der Waals surface area contributed by atoms with Crippen molar-refractivity contribution in [2.75, 3.05) is 6.26 Å². The molecule has 0 spiro atoms. The molecule has 0 heterocycles. The lowest BCUT2D eigenvalue weighted by molar-refractivity contribution is 0.667. The maximum atomic E-state index is 6.05. The topological polar surface area (TPSA) is 26.0 Å². The average Bonchev–Trinajstić information content (AvgIpc) is 2.29. The SMILES string of the molecule is CC#CCCC(N)c1ccc(SC)cc1. The van der Waals surface area contributed by atoms with Crippen LogP contribution in [0, 0.1) is 11.8 Å². The van der Waals surface area contributed by atoms with Crippen LogP contribution < -0.4 is 5.73 Å². The molecule has 2 heteroatoms. The van der Waals surface area contributed by atoms with Crippen molar-refractivity contribution in [2.45, 2.75) is 30.7 Å². The fraction of sp³-hybridized carbons (Fsp3) is 0.385. The van der Waals surface area contributed by atoms with Crippen LogP contribution in [0.3, 0.4) is 0 Å². The summed E-state index contributed by atoms with van der Waals surface area (Å²) in [5.74, 6) is 5.92. The fourth-order valence-corrected chi connectivity index (χ4v) is 1.78. The monoisotopic (exact) mass is 219 g/mol. The molecule has 1 aromatic carbocycles. The van der Waals surface area contributed by atoms with Crippen molar-refractivity contribution in [1.82, 2.24) is 0 Å². The Morgan fingerprint density at radius 1 is 1.33 bits per heavy atom. The van der Waals surface area contributed by atoms with Gasteiger partial charge in [0.1, 0.15) is 0 Å². The van der Waals surface area contributed by atoms with Gasteiger partial charge in [0.25, 0.3) is 0 Å². The Morgan fingerprint density at radius 2 is 2.00 bits per heavy atom. The third-order valence-electron chi connectivity index (χ3n) is 2.30. The van der Waals surface area contributed by atoms with E-state index in [0.29, 0.717) is 0 Å². The molecule has 1 aromatic rings. The van der Waals surface area contributed by atoms with E-state index < -0.39 is 0 Å². The van der Waals surface area contributed by atoms with Crippen molar-refractivity contribution < 1.29 is 0 Å². The normalized spacial score (nSPS) is 11.7. The first-order valence-electron chi connectivity index (χ1n) is 5.07. The van der Waals surface area contributed by atoms with Crippen molar-refractivity contribution >= 4 is 11.8 Å². The number of rotatable bonds is 4.